The van der Waals surface area contributed by atoms with Crippen LogP contribution in [-0.2, 0) is 6.42 Å². The second kappa shape index (κ2) is 5.55. The highest BCUT2D eigenvalue weighted by atomic mass is 35.5. The van der Waals surface area contributed by atoms with Crippen LogP contribution in [0.15, 0.2) is 36.2 Å². The summed E-state index contributed by atoms with van der Waals surface area (Å²) in [6.07, 6.45) is 1.81. The maximum Gasteiger partial charge on any atom is 0.0984 e. The number of aliphatic hydroxyl groups is 1. The van der Waals surface area contributed by atoms with Gasteiger partial charge in [-0.1, -0.05) is 23.7 Å². The summed E-state index contributed by atoms with van der Waals surface area (Å²) in [7, 11) is 0. The lowest BCUT2D eigenvalue weighted by Gasteiger charge is -2.07. The Balaban J connectivity index is 2.63. The van der Waals surface area contributed by atoms with Crippen molar-refractivity contribution in [3.05, 3.63) is 46.8 Å². The van der Waals surface area contributed by atoms with Crippen LogP contribution in [0.5, 0.6) is 0 Å². The minimum atomic E-state index is 0.696. The first kappa shape index (κ1) is 10.9. The molecule has 1 aromatic rings. The maximum absolute atomic E-state index is 8.92. The van der Waals surface area contributed by atoms with Crippen LogP contribution in [-0.4, -0.2) is 11.7 Å². The summed E-state index contributed by atoms with van der Waals surface area (Å²) >= 11 is 5.76. The van der Waals surface area contributed by atoms with Crippen LogP contribution in [0.25, 0.3) is 0 Å². The lowest BCUT2D eigenvalue weighted by molar-refractivity contribution is 0.459. The third-order valence-corrected chi connectivity index (χ3v) is 2.12. The van der Waals surface area contributed by atoms with E-state index < -0.39 is 0 Å². The molecule has 0 aromatic heterocycles. The summed E-state index contributed by atoms with van der Waals surface area (Å²) in [6, 6.07) is 7.59. The lowest BCUT2D eigenvalue weighted by Crippen LogP contribution is -2.14. The Hall–Kier alpha value is -1.15. The normalized spacial score (nSPS) is 11.4. The van der Waals surface area contributed by atoms with Crippen molar-refractivity contribution in [2.75, 3.05) is 6.54 Å². The summed E-state index contributed by atoms with van der Waals surface area (Å²) in [4.78, 5) is 0. The number of aliphatic hydroxyl groups excluding tert-OH is 1. The SMILES string of the molecule is CCN/C(=C/O)Cc1ccc(Cl)cc1. The second-order valence-electron chi connectivity index (χ2n) is 2.99. The number of benzene rings is 1. The molecule has 0 aliphatic rings. The van der Waals surface area contributed by atoms with Gasteiger partial charge in [0.05, 0.1) is 6.26 Å². The van der Waals surface area contributed by atoms with Crippen LogP contribution >= 0.6 is 11.6 Å². The molecule has 0 saturated carbocycles. The van der Waals surface area contributed by atoms with Crippen molar-refractivity contribution in [1.82, 2.24) is 5.32 Å². The van der Waals surface area contributed by atoms with Crippen molar-refractivity contribution in [2.24, 2.45) is 0 Å². The van der Waals surface area contributed by atoms with Gasteiger partial charge in [-0.25, -0.2) is 0 Å². The van der Waals surface area contributed by atoms with Gasteiger partial charge in [0.25, 0.3) is 0 Å². The van der Waals surface area contributed by atoms with Crippen molar-refractivity contribution in [2.45, 2.75) is 13.3 Å². The monoisotopic (exact) mass is 211 g/mol. The highest BCUT2D eigenvalue weighted by Gasteiger charge is 1.98. The van der Waals surface area contributed by atoms with Crippen molar-refractivity contribution in [1.29, 1.82) is 0 Å². The molecule has 3 heteroatoms. The van der Waals surface area contributed by atoms with Crippen LogP contribution in [0, 0.1) is 0 Å². The largest absolute Gasteiger partial charge is 0.514 e. The Morgan fingerprint density at radius 1 is 1.43 bits per heavy atom. The number of allylic oxidation sites excluding steroid dienone is 1. The van der Waals surface area contributed by atoms with Gasteiger partial charge in [-0.3, -0.25) is 0 Å². The summed E-state index contributed by atoms with van der Waals surface area (Å²) < 4.78 is 0. The Kier molecular flexibility index (Phi) is 4.33. The Morgan fingerprint density at radius 3 is 2.57 bits per heavy atom. The van der Waals surface area contributed by atoms with Gasteiger partial charge < -0.3 is 10.4 Å². The van der Waals surface area contributed by atoms with E-state index in [1.165, 1.54) is 0 Å². The van der Waals surface area contributed by atoms with Crippen LogP contribution in [0.3, 0.4) is 0 Å². The summed E-state index contributed by atoms with van der Waals surface area (Å²) in [5, 5.41) is 12.7. The molecule has 0 saturated heterocycles. The van der Waals surface area contributed by atoms with Crippen molar-refractivity contribution >= 4 is 11.6 Å². The standard InChI is InChI=1S/C11H14ClNO/c1-2-13-11(8-14)7-9-3-5-10(12)6-4-9/h3-6,8,13-14H,2,7H2,1H3/b11-8+. The molecule has 0 aliphatic heterocycles. The molecular weight excluding hydrogens is 198 g/mol. The highest BCUT2D eigenvalue weighted by Crippen LogP contribution is 2.11. The highest BCUT2D eigenvalue weighted by molar-refractivity contribution is 6.30. The van der Waals surface area contributed by atoms with E-state index in [-0.39, 0.29) is 0 Å². The van der Waals surface area contributed by atoms with Gasteiger partial charge in [-0.2, -0.15) is 0 Å². The predicted octanol–water partition coefficient (Wildman–Crippen LogP) is 2.89. The fraction of sp³-hybridized carbons (Fsp3) is 0.273. The average molecular weight is 212 g/mol. The molecule has 0 fully saturated rings. The third-order valence-electron chi connectivity index (χ3n) is 1.87. The van der Waals surface area contributed by atoms with Gasteiger partial charge in [0.1, 0.15) is 0 Å². The zero-order chi connectivity index (χ0) is 10.4. The number of rotatable bonds is 4. The summed E-state index contributed by atoms with van der Waals surface area (Å²) in [5.74, 6) is 0. The molecule has 2 nitrogen and oxygen atoms in total. The van der Waals surface area contributed by atoms with Gasteiger partial charge in [0.2, 0.25) is 0 Å². The van der Waals surface area contributed by atoms with Crippen LogP contribution < -0.4 is 5.32 Å². The number of nitrogens with one attached hydrogen (secondary N) is 1. The minimum absolute atomic E-state index is 0.696. The smallest absolute Gasteiger partial charge is 0.0984 e. The van der Waals surface area contributed by atoms with E-state index in [0.717, 1.165) is 29.1 Å². The van der Waals surface area contributed by atoms with E-state index in [0.29, 0.717) is 6.42 Å². The first-order valence-corrected chi connectivity index (χ1v) is 4.95. The van der Waals surface area contributed by atoms with Crippen molar-refractivity contribution in [3.63, 3.8) is 0 Å². The number of hydrogen-bond acceptors (Lipinski definition) is 2. The third kappa shape index (κ3) is 3.30. The molecule has 0 spiro atoms. The second-order valence-corrected chi connectivity index (χ2v) is 3.42. The minimum Gasteiger partial charge on any atom is -0.514 e. The van der Waals surface area contributed by atoms with Crippen molar-refractivity contribution in [3.8, 4) is 0 Å². The number of halogens is 1. The van der Waals surface area contributed by atoms with Gasteiger partial charge in [-0.15, -0.1) is 0 Å². The molecule has 1 aromatic carbocycles. The Morgan fingerprint density at radius 2 is 2.07 bits per heavy atom. The van der Waals surface area contributed by atoms with Gasteiger partial charge >= 0.3 is 0 Å². The molecule has 1 rings (SSSR count). The quantitative estimate of drug-likeness (QED) is 0.751. The van der Waals surface area contributed by atoms with E-state index in [2.05, 4.69) is 5.32 Å². The van der Waals surface area contributed by atoms with Crippen LogP contribution in [0.1, 0.15) is 12.5 Å². The zero-order valence-corrected chi connectivity index (χ0v) is 8.88. The van der Waals surface area contributed by atoms with E-state index in [1.54, 1.807) is 0 Å². The molecule has 76 valence electrons. The molecule has 0 amide bonds. The molecule has 2 N–H and O–H groups in total. The first-order valence-electron chi connectivity index (χ1n) is 4.57. The van der Waals surface area contributed by atoms with Gasteiger partial charge in [-0.05, 0) is 24.6 Å². The maximum atomic E-state index is 8.92. The van der Waals surface area contributed by atoms with Crippen LogP contribution in [0.4, 0.5) is 0 Å². The molecule has 0 radical (unpaired) electrons. The average Bonchev–Trinajstić information content (AvgIpc) is 2.20. The molecule has 0 atom stereocenters. The van der Waals surface area contributed by atoms with Gasteiger partial charge in [0.15, 0.2) is 0 Å². The fourth-order valence-corrected chi connectivity index (χ4v) is 1.33. The van der Waals surface area contributed by atoms with E-state index in [9.17, 15) is 0 Å². The fourth-order valence-electron chi connectivity index (χ4n) is 1.20. The Labute approximate surface area is 89.2 Å². The Bertz CT molecular complexity index is 306. The predicted molar refractivity (Wildman–Crippen MR) is 59.5 cm³/mol. The molecule has 0 aliphatic carbocycles. The first-order chi connectivity index (χ1) is 6.76. The molecular formula is C11H14ClNO. The van der Waals surface area contributed by atoms with Gasteiger partial charge in [0, 0.05) is 23.7 Å². The lowest BCUT2D eigenvalue weighted by atomic mass is 10.1. The van der Waals surface area contributed by atoms with E-state index >= 15 is 0 Å². The molecule has 0 heterocycles. The van der Waals surface area contributed by atoms with Crippen LogP contribution in [0.2, 0.25) is 5.02 Å². The van der Waals surface area contributed by atoms with E-state index in [4.69, 9.17) is 16.7 Å². The molecule has 14 heavy (non-hydrogen) atoms. The van der Waals surface area contributed by atoms with Crippen molar-refractivity contribution < 1.29 is 5.11 Å². The molecule has 0 bridgehead atoms. The number of likely N-dealkylation sites (N-methyl/N-ethyl adjacent to an activating group) is 1. The molecule has 0 unspecified atom stereocenters. The van der Waals surface area contributed by atoms with E-state index in [1.807, 2.05) is 31.2 Å². The summed E-state index contributed by atoms with van der Waals surface area (Å²) in [5.41, 5.74) is 1.94. The zero-order valence-electron chi connectivity index (χ0n) is 8.13. The number of hydrogen-bond donors (Lipinski definition) is 2. The summed E-state index contributed by atoms with van der Waals surface area (Å²) in [6.45, 7) is 2.80. The topological polar surface area (TPSA) is 32.3 Å².